The average Bonchev–Trinajstić information content (AvgIpc) is 3.23. The maximum atomic E-state index is 6.08. The van der Waals surface area contributed by atoms with E-state index in [0.717, 1.165) is 24.0 Å². The van der Waals surface area contributed by atoms with Gasteiger partial charge < -0.3 is 10.5 Å². The van der Waals surface area contributed by atoms with Crippen molar-refractivity contribution in [2.24, 2.45) is 5.92 Å². The Kier molecular flexibility index (Phi) is 3.44. The van der Waals surface area contributed by atoms with Crippen LogP contribution >= 0.6 is 0 Å². The lowest BCUT2D eigenvalue weighted by Crippen LogP contribution is -2.15. The fraction of sp³-hybridized carbons (Fsp3) is 0.625. The summed E-state index contributed by atoms with van der Waals surface area (Å²) in [5.41, 5.74) is 8.08. The smallest absolute Gasteiger partial charge is 0.122 e. The molecule has 0 bridgehead atoms. The Morgan fingerprint density at radius 2 is 1.83 bits per heavy atom. The Morgan fingerprint density at radius 3 is 2.56 bits per heavy atom. The molecule has 0 aromatic heterocycles. The third kappa shape index (κ3) is 2.80. The van der Waals surface area contributed by atoms with E-state index in [0.29, 0.717) is 5.92 Å². The van der Waals surface area contributed by atoms with E-state index < -0.39 is 0 Å². The molecule has 2 saturated carbocycles. The highest BCUT2D eigenvalue weighted by atomic mass is 16.5. The molecule has 0 radical (unpaired) electrons. The van der Waals surface area contributed by atoms with Gasteiger partial charge in [0.05, 0.1) is 6.61 Å². The summed E-state index contributed by atoms with van der Waals surface area (Å²) in [7, 11) is 0. The summed E-state index contributed by atoms with van der Waals surface area (Å²) < 4.78 is 6.08. The first-order chi connectivity index (χ1) is 8.83. The average molecular weight is 245 g/mol. The number of nitrogens with two attached hydrogens (primary N) is 1. The first kappa shape index (κ1) is 11.9. The monoisotopic (exact) mass is 245 g/mol. The molecule has 18 heavy (non-hydrogen) atoms. The van der Waals surface area contributed by atoms with Crippen LogP contribution in [0.5, 0.6) is 5.75 Å². The fourth-order valence-corrected chi connectivity index (χ4v) is 2.97. The quantitative estimate of drug-likeness (QED) is 0.810. The lowest BCUT2D eigenvalue weighted by atomic mass is 9.90. The molecule has 2 aliphatic rings. The predicted molar refractivity (Wildman–Crippen MR) is 74.9 cm³/mol. The van der Waals surface area contributed by atoms with E-state index >= 15 is 0 Å². The molecule has 3 rings (SSSR count). The van der Waals surface area contributed by atoms with Crippen LogP contribution in [0.25, 0.3) is 0 Å². The number of hydrogen-bond acceptors (Lipinski definition) is 2. The third-order valence-electron chi connectivity index (χ3n) is 4.25. The second-order valence-corrected chi connectivity index (χ2v) is 5.89. The number of ether oxygens (including phenoxy) is 1. The lowest BCUT2D eigenvalue weighted by molar-refractivity contribution is 0.207. The number of benzene rings is 1. The molecular weight excluding hydrogens is 222 g/mol. The number of anilines is 1. The number of nitrogen functional groups attached to an aromatic ring is 1. The molecule has 2 heteroatoms. The van der Waals surface area contributed by atoms with Crippen molar-refractivity contribution in [3.05, 3.63) is 23.8 Å². The molecule has 0 saturated heterocycles. The highest BCUT2D eigenvalue weighted by molar-refractivity contribution is 5.50. The Labute approximate surface area is 110 Å². The molecule has 0 amide bonds. The summed E-state index contributed by atoms with van der Waals surface area (Å²) in [4.78, 5) is 0. The minimum absolute atomic E-state index is 0.704. The summed E-state index contributed by atoms with van der Waals surface area (Å²) in [5, 5.41) is 0. The normalized spacial score (nSPS) is 20.9. The van der Waals surface area contributed by atoms with Crippen LogP contribution in [0.4, 0.5) is 5.69 Å². The van der Waals surface area contributed by atoms with E-state index in [1.807, 2.05) is 6.07 Å². The van der Waals surface area contributed by atoms with Crippen LogP contribution in [-0.4, -0.2) is 6.61 Å². The van der Waals surface area contributed by atoms with Crippen LogP contribution in [0.15, 0.2) is 18.2 Å². The van der Waals surface area contributed by atoms with E-state index in [1.54, 1.807) is 0 Å². The van der Waals surface area contributed by atoms with E-state index in [1.165, 1.54) is 50.5 Å². The molecule has 0 heterocycles. The zero-order valence-corrected chi connectivity index (χ0v) is 11.0. The van der Waals surface area contributed by atoms with Crippen molar-refractivity contribution in [2.45, 2.75) is 50.9 Å². The highest BCUT2D eigenvalue weighted by Crippen LogP contribution is 2.45. The Bertz CT molecular complexity index is 406. The van der Waals surface area contributed by atoms with Crippen LogP contribution in [0, 0.1) is 5.92 Å². The van der Waals surface area contributed by atoms with Gasteiger partial charge in [-0.15, -0.1) is 0 Å². The third-order valence-corrected chi connectivity index (χ3v) is 4.25. The Hall–Kier alpha value is -1.18. The van der Waals surface area contributed by atoms with Gasteiger partial charge in [0.1, 0.15) is 5.75 Å². The molecule has 2 fully saturated rings. The van der Waals surface area contributed by atoms with Crippen molar-refractivity contribution in [2.75, 3.05) is 12.3 Å². The minimum Gasteiger partial charge on any atom is -0.493 e. The zero-order valence-electron chi connectivity index (χ0n) is 11.0. The van der Waals surface area contributed by atoms with Crippen molar-refractivity contribution >= 4 is 5.69 Å². The van der Waals surface area contributed by atoms with Crippen LogP contribution in [-0.2, 0) is 0 Å². The summed E-state index contributed by atoms with van der Waals surface area (Å²) in [5.74, 6) is 2.55. The SMILES string of the molecule is Nc1ccc(OCC2CCCCC2)c(C2CC2)c1. The predicted octanol–water partition coefficient (Wildman–Crippen LogP) is 4.11. The molecule has 0 unspecified atom stereocenters. The van der Waals surface area contributed by atoms with E-state index in [9.17, 15) is 0 Å². The van der Waals surface area contributed by atoms with Gasteiger partial charge in [0.25, 0.3) is 0 Å². The number of hydrogen-bond donors (Lipinski definition) is 1. The van der Waals surface area contributed by atoms with Crippen molar-refractivity contribution in [1.82, 2.24) is 0 Å². The zero-order chi connectivity index (χ0) is 12.4. The second kappa shape index (κ2) is 5.21. The maximum absolute atomic E-state index is 6.08. The molecule has 2 aliphatic carbocycles. The first-order valence-corrected chi connectivity index (χ1v) is 7.35. The molecule has 0 aliphatic heterocycles. The van der Waals surface area contributed by atoms with E-state index in [2.05, 4.69) is 12.1 Å². The van der Waals surface area contributed by atoms with Gasteiger partial charge in [-0.05, 0) is 61.3 Å². The van der Waals surface area contributed by atoms with E-state index in [-0.39, 0.29) is 0 Å². The van der Waals surface area contributed by atoms with Crippen molar-refractivity contribution in [3.63, 3.8) is 0 Å². The van der Waals surface area contributed by atoms with Gasteiger partial charge in [-0.25, -0.2) is 0 Å². The minimum atomic E-state index is 0.704. The van der Waals surface area contributed by atoms with Gasteiger partial charge >= 0.3 is 0 Å². The summed E-state index contributed by atoms with van der Waals surface area (Å²) in [6, 6.07) is 6.13. The van der Waals surface area contributed by atoms with Crippen LogP contribution in [0.1, 0.15) is 56.4 Å². The largest absolute Gasteiger partial charge is 0.493 e. The Morgan fingerprint density at radius 1 is 1.06 bits per heavy atom. The van der Waals surface area contributed by atoms with Gasteiger partial charge in [0.15, 0.2) is 0 Å². The molecule has 98 valence electrons. The maximum Gasteiger partial charge on any atom is 0.122 e. The van der Waals surface area contributed by atoms with Crippen molar-refractivity contribution < 1.29 is 4.74 Å². The molecule has 1 aromatic carbocycles. The standard InChI is InChI=1S/C16H23NO/c17-14-8-9-16(15(10-14)13-6-7-13)18-11-12-4-2-1-3-5-12/h8-10,12-13H,1-7,11,17H2. The Balaban J connectivity index is 1.64. The summed E-state index contributed by atoms with van der Waals surface area (Å²) in [6.07, 6.45) is 9.44. The first-order valence-electron chi connectivity index (χ1n) is 7.35. The van der Waals surface area contributed by atoms with Gasteiger partial charge in [0, 0.05) is 5.69 Å². The van der Waals surface area contributed by atoms with Crippen molar-refractivity contribution in [3.8, 4) is 5.75 Å². The molecule has 0 spiro atoms. The molecule has 2 N–H and O–H groups in total. The van der Waals surface area contributed by atoms with Crippen LogP contribution in [0.2, 0.25) is 0 Å². The van der Waals surface area contributed by atoms with Gasteiger partial charge in [0.2, 0.25) is 0 Å². The molecular formula is C16H23NO. The topological polar surface area (TPSA) is 35.2 Å². The molecule has 1 aromatic rings. The van der Waals surface area contributed by atoms with Gasteiger partial charge in [-0.2, -0.15) is 0 Å². The van der Waals surface area contributed by atoms with E-state index in [4.69, 9.17) is 10.5 Å². The lowest BCUT2D eigenvalue weighted by Gasteiger charge is -2.22. The van der Waals surface area contributed by atoms with Crippen molar-refractivity contribution in [1.29, 1.82) is 0 Å². The van der Waals surface area contributed by atoms with Gasteiger partial charge in [-0.3, -0.25) is 0 Å². The van der Waals surface area contributed by atoms with Crippen LogP contribution in [0.3, 0.4) is 0 Å². The summed E-state index contributed by atoms with van der Waals surface area (Å²) in [6.45, 7) is 0.892. The number of rotatable bonds is 4. The van der Waals surface area contributed by atoms with Crippen LogP contribution < -0.4 is 10.5 Å². The van der Waals surface area contributed by atoms with Gasteiger partial charge in [-0.1, -0.05) is 19.3 Å². The second-order valence-electron chi connectivity index (χ2n) is 5.89. The molecule has 0 atom stereocenters. The fourth-order valence-electron chi connectivity index (χ4n) is 2.97. The highest BCUT2D eigenvalue weighted by Gasteiger charge is 2.27. The summed E-state index contributed by atoms with van der Waals surface area (Å²) >= 11 is 0. The molecule has 2 nitrogen and oxygen atoms in total.